The van der Waals surface area contributed by atoms with Crippen LogP contribution in [0.4, 0.5) is 5.82 Å². The highest BCUT2D eigenvalue weighted by Crippen LogP contribution is 2.40. The summed E-state index contributed by atoms with van der Waals surface area (Å²) in [6, 6.07) is 17.8. The van der Waals surface area contributed by atoms with Gasteiger partial charge in [0.25, 0.3) is 0 Å². The number of carboxylic acid groups (broad SMARTS) is 1. The highest BCUT2D eigenvalue weighted by molar-refractivity contribution is 7.98. The van der Waals surface area contributed by atoms with Gasteiger partial charge in [0.1, 0.15) is 52.0 Å². The predicted octanol–water partition coefficient (Wildman–Crippen LogP) is 6.95. The summed E-state index contributed by atoms with van der Waals surface area (Å²) in [5, 5.41) is 39.3. The number of carboxylic acids is 1. The lowest BCUT2D eigenvalue weighted by Gasteiger charge is -2.22. The summed E-state index contributed by atoms with van der Waals surface area (Å²) in [4.78, 5) is 35.0. The Kier molecular flexibility index (Phi) is 15.8. The van der Waals surface area contributed by atoms with E-state index in [1.165, 1.54) is 30.0 Å². The third kappa shape index (κ3) is 10.5. The molecule has 1 amide bonds. The minimum Gasteiger partial charge on any atom is -0.492 e. The van der Waals surface area contributed by atoms with E-state index in [2.05, 4.69) is 27.7 Å². The van der Waals surface area contributed by atoms with Crippen molar-refractivity contribution in [1.82, 2.24) is 20.6 Å². The fraction of sp³-hybridized carbons (Fsp3) is 0.314. The molecule has 1 saturated heterocycles. The molecule has 3 N–H and O–H groups in total. The molecular formula is C35H36Cl3N7O4S2. The molecule has 11 nitrogen and oxygen atoms in total. The number of nitriles is 2. The van der Waals surface area contributed by atoms with Crippen molar-refractivity contribution < 1.29 is 19.4 Å². The molecule has 0 bridgehead atoms. The van der Waals surface area contributed by atoms with Crippen LogP contribution in [-0.4, -0.2) is 65.3 Å². The predicted molar refractivity (Wildman–Crippen MR) is 205 cm³/mol. The van der Waals surface area contributed by atoms with Crippen LogP contribution in [0.1, 0.15) is 43.5 Å². The van der Waals surface area contributed by atoms with Gasteiger partial charge >= 0.3 is 5.97 Å². The Balaban J connectivity index is 0.00000351. The van der Waals surface area contributed by atoms with Crippen molar-refractivity contribution in [2.45, 2.75) is 49.6 Å². The van der Waals surface area contributed by atoms with E-state index in [-0.39, 0.29) is 31.4 Å². The number of benzene rings is 2. The van der Waals surface area contributed by atoms with Gasteiger partial charge in [-0.05, 0) is 56.5 Å². The van der Waals surface area contributed by atoms with E-state index in [4.69, 9.17) is 31.4 Å². The van der Waals surface area contributed by atoms with Crippen LogP contribution < -0.4 is 20.3 Å². The number of aliphatic carboxylic acids is 1. The summed E-state index contributed by atoms with van der Waals surface area (Å²) in [5.41, 5.74) is 3.77. The highest BCUT2D eigenvalue weighted by atomic mass is 35.5. The first-order valence-corrected chi connectivity index (χ1v) is 17.9. The molecule has 5 rings (SSSR count). The van der Waals surface area contributed by atoms with E-state index < -0.39 is 24.0 Å². The summed E-state index contributed by atoms with van der Waals surface area (Å²) < 4.78 is 5.86. The van der Waals surface area contributed by atoms with Crippen molar-refractivity contribution in [3.8, 4) is 39.6 Å². The Morgan fingerprint density at radius 3 is 2.27 bits per heavy atom. The molecule has 1 aliphatic rings. The first-order valence-electron chi connectivity index (χ1n) is 15.6. The van der Waals surface area contributed by atoms with Crippen LogP contribution in [0.25, 0.3) is 21.7 Å². The van der Waals surface area contributed by atoms with Crippen LogP contribution in [0.5, 0.6) is 5.75 Å². The maximum atomic E-state index is 12.2. The van der Waals surface area contributed by atoms with Gasteiger partial charge in [-0.1, -0.05) is 47.6 Å². The monoisotopic (exact) mass is 787 g/mol. The van der Waals surface area contributed by atoms with Crippen molar-refractivity contribution in [3.05, 3.63) is 75.8 Å². The Labute approximate surface area is 322 Å². The number of carbonyl (C=O) groups is 2. The Morgan fingerprint density at radius 1 is 1.00 bits per heavy atom. The number of hydrogen-bond donors (Lipinski definition) is 3. The number of halogens is 3. The van der Waals surface area contributed by atoms with Gasteiger partial charge in [-0.3, -0.25) is 9.59 Å². The zero-order valence-electron chi connectivity index (χ0n) is 27.7. The van der Waals surface area contributed by atoms with Crippen molar-refractivity contribution in [2.75, 3.05) is 31.1 Å². The zero-order chi connectivity index (χ0) is 34.9. The molecule has 4 aromatic rings. The molecule has 2 atom stereocenters. The smallest absolute Gasteiger partial charge is 0.325 e. The maximum absolute atomic E-state index is 12.2. The standard InChI is InChI=1S/C35H34ClN7O4S2.2ClH/c1-21(32(44)40-22(2)35(45)46)39-13-16-47-27-11-7-23(8-12-27)30-28(17-37)31(43-14-3-4-15-43)42-34(29(30)18-38)49-20-26-19-48-33(41-26)24-5-9-25(36)10-6-24;;/h5-12,19,21-22,39H,3-4,13-16,20H2,1-2H3,(H,40,44)(H,45,46);2*1H/t21-,22-;;/m0../s1. The second-order valence-electron chi connectivity index (χ2n) is 11.3. The number of nitrogens with one attached hydrogen (secondary N) is 2. The molecule has 1 fully saturated rings. The number of aromatic nitrogens is 2. The Morgan fingerprint density at radius 2 is 1.65 bits per heavy atom. The van der Waals surface area contributed by atoms with Gasteiger partial charge < -0.3 is 25.4 Å². The van der Waals surface area contributed by atoms with E-state index in [9.17, 15) is 20.1 Å². The lowest BCUT2D eigenvalue weighted by atomic mass is 9.96. The SMILES string of the molecule is C[C@H](NC(=O)[C@H](C)NCCOc1ccc(-c2c(C#N)c(SCc3csc(-c4ccc(Cl)cc4)n3)nc(N3CCCC3)c2C#N)cc1)C(=O)O.Cl.Cl. The van der Waals surface area contributed by atoms with Gasteiger partial charge in [0.05, 0.1) is 17.3 Å². The van der Waals surface area contributed by atoms with E-state index >= 15 is 0 Å². The molecule has 2 aromatic heterocycles. The number of thioether (sulfide) groups is 1. The molecule has 0 radical (unpaired) electrons. The van der Waals surface area contributed by atoms with Gasteiger partial charge in [-0.2, -0.15) is 10.5 Å². The summed E-state index contributed by atoms with van der Waals surface area (Å²) >= 11 is 9.01. The van der Waals surface area contributed by atoms with Crippen LogP contribution in [0.3, 0.4) is 0 Å². The Hall–Kier alpha value is -4.08. The normalized spacial score (nSPS) is 13.2. The maximum Gasteiger partial charge on any atom is 0.325 e. The first-order chi connectivity index (χ1) is 23.7. The number of ether oxygens (including phenoxy) is 1. The molecular weight excluding hydrogens is 753 g/mol. The fourth-order valence-electron chi connectivity index (χ4n) is 5.21. The van der Waals surface area contributed by atoms with Crippen LogP contribution in [0.2, 0.25) is 5.02 Å². The molecule has 0 spiro atoms. The molecule has 268 valence electrons. The largest absolute Gasteiger partial charge is 0.492 e. The number of amides is 1. The number of thiazole rings is 1. The average molecular weight is 789 g/mol. The fourth-order valence-corrected chi connectivity index (χ4v) is 7.14. The summed E-state index contributed by atoms with van der Waals surface area (Å²) in [5.74, 6) is 0.126. The van der Waals surface area contributed by atoms with Crippen LogP contribution in [0.15, 0.2) is 58.9 Å². The lowest BCUT2D eigenvalue weighted by Crippen LogP contribution is -2.48. The molecule has 0 saturated carbocycles. The second-order valence-corrected chi connectivity index (χ2v) is 13.6. The van der Waals surface area contributed by atoms with Crippen LogP contribution in [0, 0.1) is 22.7 Å². The van der Waals surface area contributed by atoms with E-state index in [0.29, 0.717) is 56.2 Å². The van der Waals surface area contributed by atoms with Gasteiger partial charge in [0.2, 0.25) is 5.91 Å². The van der Waals surface area contributed by atoms with Crippen molar-refractivity contribution in [3.63, 3.8) is 0 Å². The van der Waals surface area contributed by atoms with Gasteiger partial charge in [-0.25, -0.2) is 9.97 Å². The molecule has 3 heterocycles. The summed E-state index contributed by atoms with van der Waals surface area (Å²) in [6.07, 6.45) is 2.00. The topological polar surface area (TPSA) is 164 Å². The van der Waals surface area contributed by atoms with Crippen LogP contribution >= 0.6 is 59.5 Å². The summed E-state index contributed by atoms with van der Waals surface area (Å²) in [6.45, 7) is 5.22. The third-order valence-corrected chi connectivity index (χ3v) is 10.1. The van der Waals surface area contributed by atoms with Gasteiger partial charge in [0, 0.05) is 46.9 Å². The van der Waals surface area contributed by atoms with E-state index in [0.717, 1.165) is 42.2 Å². The molecule has 1 aliphatic heterocycles. The minimum absolute atomic E-state index is 0. The van der Waals surface area contributed by atoms with E-state index in [1.54, 1.807) is 19.1 Å². The minimum atomic E-state index is -1.11. The number of pyridine rings is 1. The first kappa shape index (κ1) is 41.3. The molecule has 0 aliphatic carbocycles. The number of hydrogen-bond acceptors (Lipinski definition) is 11. The van der Waals surface area contributed by atoms with E-state index in [1.807, 2.05) is 41.8 Å². The zero-order valence-corrected chi connectivity index (χ0v) is 31.7. The second kappa shape index (κ2) is 19.5. The molecule has 51 heavy (non-hydrogen) atoms. The molecule has 16 heteroatoms. The lowest BCUT2D eigenvalue weighted by molar-refractivity contribution is -0.141. The highest BCUT2D eigenvalue weighted by Gasteiger charge is 2.26. The third-order valence-electron chi connectivity index (χ3n) is 7.86. The Bertz CT molecular complexity index is 1890. The number of carbonyl (C=O) groups excluding carboxylic acids is 1. The number of rotatable bonds is 14. The van der Waals surface area contributed by atoms with Crippen molar-refractivity contribution >= 4 is 77.2 Å². The van der Waals surface area contributed by atoms with Crippen LogP contribution in [-0.2, 0) is 15.3 Å². The molecule has 2 aromatic carbocycles. The van der Waals surface area contributed by atoms with Gasteiger partial charge in [-0.15, -0.1) is 36.2 Å². The quantitative estimate of drug-likeness (QED) is 0.0895. The molecule has 0 unspecified atom stereocenters. The number of nitrogens with zero attached hydrogens (tertiary/aromatic N) is 5. The van der Waals surface area contributed by atoms with Gasteiger partial charge in [0.15, 0.2) is 0 Å². The number of anilines is 1. The van der Waals surface area contributed by atoms with Crippen molar-refractivity contribution in [2.24, 2.45) is 0 Å². The summed E-state index contributed by atoms with van der Waals surface area (Å²) in [7, 11) is 0. The van der Waals surface area contributed by atoms with Crippen molar-refractivity contribution in [1.29, 1.82) is 10.5 Å². The average Bonchev–Trinajstić information content (AvgIpc) is 3.82.